The Balaban J connectivity index is 4.35. The lowest BCUT2D eigenvalue weighted by Crippen LogP contribution is -2.52. The Morgan fingerprint density at radius 1 is 1.18 bits per heavy atom. The molecular formula is C12H28N2O3. The van der Waals surface area contributed by atoms with Crippen molar-refractivity contribution in [1.29, 1.82) is 0 Å². The van der Waals surface area contributed by atoms with Gasteiger partial charge >= 0.3 is 0 Å². The van der Waals surface area contributed by atoms with Crippen molar-refractivity contribution < 1.29 is 14.6 Å². The Bertz CT molecular complexity index is 162. The highest BCUT2D eigenvalue weighted by molar-refractivity contribution is 4.81. The van der Waals surface area contributed by atoms with Gasteiger partial charge in [-0.25, -0.2) is 0 Å². The van der Waals surface area contributed by atoms with Crippen LogP contribution in [0, 0.1) is 0 Å². The van der Waals surface area contributed by atoms with E-state index in [1.54, 1.807) is 14.2 Å². The predicted octanol–water partition coefficient (Wildman–Crippen LogP) is 0.0695. The highest BCUT2D eigenvalue weighted by Crippen LogP contribution is 2.08. The molecule has 5 heteroatoms. The van der Waals surface area contributed by atoms with Crippen LogP contribution in [0.2, 0.25) is 0 Å². The van der Waals surface area contributed by atoms with E-state index in [2.05, 4.69) is 11.8 Å². The number of hydrogen-bond acceptors (Lipinski definition) is 5. The third-order valence-corrected chi connectivity index (χ3v) is 2.94. The van der Waals surface area contributed by atoms with Gasteiger partial charge in [0.1, 0.15) is 0 Å². The second-order valence-corrected chi connectivity index (χ2v) is 4.22. The Morgan fingerprint density at radius 2 is 1.71 bits per heavy atom. The van der Waals surface area contributed by atoms with Gasteiger partial charge in [0.2, 0.25) is 0 Å². The Morgan fingerprint density at radius 3 is 2.06 bits per heavy atom. The van der Waals surface area contributed by atoms with Gasteiger partial charge in [0.15, 0.2) is 0 Å². The quantitative estimate of drug-likeness (QED) is 0.541. The SMILES string of the molecule is CCCC(N)C(CO)N(CCOC)CCOC. The number of aliphatic hydroxyl groups excluding tert-OH is 1. The van der Waals surface area contributed by atoms with Gasteiger partial charge in [-0.15, -0.1) is 0 Å². The van der Waals surface area contributed by atoms with Crippen LogP contribution < -0.4 is 5.73 Å². The van der Waals surface area contributed by atoms with Crippen LogP contribution in [0.1, 0.15) is 19.8 Å². The molecule has 17 heavy (non-hydrogen) atoms. The summed E-state index contributed by atoms with van der Waals surface area (Å²) in [6, 6.07) is -0.0148. The van der Waals surface area contributed by atoms with E-state index in [0.29, 0.717) is 13.2 Å². The summed E-state index contributed by atoms with van der Waals surface area (Å²) in [7, 11) is 3.35. The van der Waals surface area contributed by atoms with Gasteiger partial charge in [-0.2, -0.15) is 0 Å². The van der Waals surface area contributed by atoms with E-state index < -0.39 is 0 Å². The van der Waals surface area contributed by atoms with E-state index in [0.717, 1.165) is 25.9 Å². The fourth-order valence-electron chi connectivity index (χ4n) is 1.91. The predicted molar refractivity (Wildman–Crippen MR) is 69.1 cm³/mol. The molecule has 0 rings (SSSR count). The van der Waals surface area contributed by atoms with Crippen LogP contribution in [0.4, 0.5) is 0 Å². The molecule has 0 fully saturated rings. The zero-order valence-electron chi connectivity index (χ0n) is 11.4. The molecule has 0 spiro atoms. The minimum atomic E-state index is -0.0137. The zero-order valence-corrected chi connectivity index (χ0v) is 11.4. The van der Waals surface area contributed by atoms with Crippen molar-refractivity contribution in [3.05, 3.63) is 0 Å². The molecule has 0 aromatic heterocycles. The first kappa shape index (κ1) is 16.8. The van der Waals surface area contributed by atoms with Gasteiger partial charge in [-0.3, -0.25) is 4.90 Å². The molecule has 0 bridgehead atoms. The molecule has 2 unspecified atom stereocenters. The van der Waals surface area contributed by atoms with Crippen LogP contribution in [0.25, 0.3) is 0 Å². The monoisotopic (exact) mass is 248 g/mol. The van der Waals surface area contributed by atoms with Crippen molar-refractivity contribution in [2.45, 2.75) is 31.8 Å². The van der Waals surface area contributed by atoms with Crippen molar-refractivity contribution in [3.63, 3.8) is 0 Å². The van der Waals surface area contributed by atoms with Crippen LogP contribution in [0.5, 0.6) is 0 Å². The molecule has 0 aromatic rings. The van der Waals surface area contributed by atoms with Crippen LogP contribution in [-0.4, -0.2) is 69.2 Å². The molecular weight excluding hydrogens is 220 g/mol. The molecule has 0 radical (unpaired) electrons. The van der Waals surface area contributed by atoms with Crippen LogP contribution in [0.3, 0.4) is 0 Å². The van der Waals surface area contributed by atoms with Gasteiger partial charge in [-0.05, 0) is 6.42 Å². The maximum atomic E-state index is 9.49. The number of aliphatic hydroxyl groups is 1. The summed E-state index contributed by atoms with van der Waals surface area (Å²) in [5, 5.41) is 9.49. The van der Waals surface area contributed by atoms with Gasteiger partial charge in [0, 0.05) is 39.4 Å². The first-order chi connectivity index (χ1) is 8.21. The summed E-state index contributed by atoms with van der Waals surface area (Å²) in [6.07, 6.45) is 1.95. The molecule has 0 aliphatic heterocycles. The lowest BCUT2D eigenvalue weighted by Gasteiger charge is -2.34. The summed E-state index contributed by atoms with van der Waals surface area (Å²) in [6.45, 7) is 4.99. The van der Waals surface area contributed by atoms with Gasteiger partial charge in [-0.1, -0.05) is 13.3 Å². The third kappa shape index (κ3) is 6.95. The average Bonchev–Trinajstić information content (AvgIpc) is 2.33. The van der Waals surface area contributed by atoms with E-state index in [-0.39, 0.29) is 18.7 Å². The van der Waals surface area contributed by atoms with Crippen molar-refractivity contribution in [2.24, 2.45) is 5.73 Å². The minimum absolute atomic E-state index is 0.00119. The lowest BCUT2D eigenvalue weighted by molar-refractivity contribution is 0.0511. The Hall–Kier alpha value is -0.200. The first-order valence-electron chi connectivity index (χ1n) is 6.29. The smallest absolute Gasteiger partial charge is 0.0601 e. The fourth-order valence-corrected chi connectivity index (χ4v) is 1.91. The van der Waals surface area contributed by atoms with Crippen molar-refractivity contribution >= 4 is 0 Å². The summed E-state index contributed by atoms with van der Waals surface area (Å²) >= 11 is 0. The fraction of sp³-hybridized carbons (Fsp3) is 1.00. The largest absolute Gasteiger partial charge is 0.395 e. The van der Waals surface area contributed by atoms with E-state index in [1.807, 2.05) is 0 Å². The van der Waals surface area contributed by atoms with Crippen molar-refractivity contribution in [1.82, 2.24) is 4.90 Å². The van der Waals surface area contributed by atoms with E-state index >= 15 is 0 Å². The number of hydrogen-bond donors (Lipinski definition) is 2. The van der Waals surface area contributed by atoms with Gasteiger partial charge in [0.05, 0.1) is 19.8 Å². The second-order valence-electron chi connectivity index (χ2n) is 4.22. The van der Waals surface area contributed by atoms with E-state index in [1.165, 1.54) is 0 Å². The van der Waals surface area contributed by atoms with Crippen LogP contribution in [0.15, 0.2) is 0 Å². The molecule has 0 saturated heterocycles. The minimum Gasteiger partial charge on any atom is -0.395 e. The van der Waals surface area contributed by atoms with E-state index in [4.69, 9.17) is 15.2 Å². The molecule has 5 nitrogen and oxygen atoms in total. The standard InChI is InChI=1S/C12H28N2O3/c1-4-5-11(13)12(10-15)14(6-8-16-2)7-9-17-3/h11-12,15H,4-10,13H2,1-3H3. The summed E-state index contributed by atoms with van der Waals surface area (Å²) in [5.74, 6) is 0. The molecule has 2 atom stereocenters. The van der Waals surface area contributed by atoms with Crippen molar-refractivity contribution in [2.75, 3.05) is 47.1 Å². The van der Waals surface area contributed by atoms with Crippen LogP contribution >= 0.6 is 0 Å². The van der Waals surface area contributed by atoms with E-state index in [9.17, 15) is 5.11 Å². The molecule has 0 heterocycles. The third-order valence-electron chi connectivity index (χ3n) is 2.94. The summed E-state index contributed by atoms with van der Waals surface area (Å²) in [5.41, 5.74) is 6.10. The molecule has 0 aliphatic rings. The second kappa shape index (κ2) is 10.9. The molecule has 0 aromatic carbocycles. The summed E-state index contributed by atoms with van der Waals surface area (Å²) < 4.78 is 10.2. The number of nitrogens with zero attached hydrogens (tertiary/aromatic N) is 1. The average molecular weight is 248 g/mol. The lowest BCUT2D eigenvalue weighted by atomic mass is 10.0. The van der Waals surface area contributed by atoms with Crippen molar-refractivity contribution in [3.8, 4) is 0 Å². The van der Waals surface area contributed by atoms with Gasteiger partial charge < -0.3 is 20.3 Å². The normalized spacial score (nSPS) is 15.2. The first-order valence-corrected chi connectivity index (χ1v) is 6.29. The van der Waals surface area contributed by atoms with Crippen LogP contribution in [-0.2, 0) is 9.47 Å². The number of nitrogens with two attached hydrogens (primary N) is 1. The zero-order chi connectivity index (χ0) is 13.1. The highest BCUT2D eigenvalue weighted by Gasteiger charge is 2.23. The molecule has 104 valence electrons. The Kier molecular flexibility index (Phi) is 10.8. The molecule has 0 amide bonds. The van der Waals surface area contributed by atoms with Gasteiger partial charge in [0.25, 0.3) is 0 Å². The molecule has 3 N–H and O–H groups in total. The molecule has 0 aliphatic carbocycles. The molecule has 0 saturated carbocycles. The maximum absolute atomic E-state index is 9.49. The number of methoxy groups -OCH3 is 2. The number of ether oxygens (including phenoxy) is 2. The maximum Gasteiger partial charge on any atom is 0.0601 e. The topological polar surface area (TPSA) is 68.0 Å². The highest BCUT2D eigenvalue weighted by atomic mass is 16.5. The number of rotatable bonds is 11. The Labute approximate surface area is 105 Å². The summed E-state index contributed by atoms with van der Waals surface area (Å²) in [4.78, 5) is 2.15.